The van der Waals surface area contributed by atoms with Gasteiger partial charge in [0, 0.05) is 24.2 Å². The van der Waals surface area contributed by atoms with E-state index in [1.807, 2.05) is 18.2 Å². The maximum Gasteiger partial charge on any atom is 0.125 e. The van der Waals surface area contributed by atoms with E-state index < -0.39 is 5.60 Å². The first-order valence-corrected chi connectivity index (χ1v) is 7.28. The van der Waals surface area contributed by atoms with Gasteiger partial charge in [-0.3, -0.25) is 4.90 Å². The fraction of sp³-hybridized carbons (Fsp3) is 0.625. The van der Waals surface area contributed by atoms with Gasteiger partial charge in [0.25, 0.3) is 0 Å². The molecule has 0 radical (unpaired) electrons. The van der Waals surface area contributed by atoms with Crippen LogP contribution in [0.25, 0.3) is 0 Å². The number of likely N-dealkylation sites (tertiary alicyclic amines) is 1. The molecule has 3 rings (SSSR count). The Bertz CT molecular complexity index is 500. The topological polar surface area (TPSA) is 41.9 Å². The van der Waals surface area contributed by atoms with Gasteiger partial charge >= 0.3 is 0 Å². The molecule has 20 heavy (non-hydrogen) atoms. The van der Waals surface area contributed by atoms with Gasteiger partial charge in [-0.05, 0) is 44.4 Å². The van der Waals surface area contributed by atoms with Crippen LogP contribution in [0, 0.1) is 0 Å². The quantitative estimate of drug-likeness (QED) is 0.915. The lowest BCUT2D eigenvalue weighted by Gasteiger charge is -2.26. The Morgan fingerprint density at radius 3 is 2.60 bits per heavy atom. The molecule has 1 aromatic carbocycles. The molecule has 4 heteroatoms. The zero-order valence-electron chi connectivity index (χ0n) is 12.4. The first kappa shape index (κ1) is 13.7. The number of hydrogen-bond acceptors (Lipinski definition) is 4. The van der Waals surface area contributed by atoms with Gasteiger partial charge in [0.05, 0.1) is 14.2 Å². The van der Waals surface area contributed by atoms with Crippen LogP contribution in [-0.4, -0.2) is 42.9 Å². The van der Waals surface area contributed by atoms with Crippen LogP contribution in [0.2, 0.25) is 0 Å². The summed E-state index contributed by atoms with van der Waals surface area (Å²) in [7, 11) is 3.29. The van der Waals surface area contributed by atoms with Crippen molar-refractivity contribution in [2.24, 2.45) is 0 Å². The van der Waals surface area contributed by atoms with Crippen molar-refractivity contribution >= 4 is 0 Å². The Labute approximate surface area is 120 Å². The van der Waals surface area contributed by atoms with E-state index in [0.29, 0.717) is 18.6 Å². The molecule has 2 atom stereocenters. The molecule has 0 amide bonds. The van der Waals surface area contributed by atoms with Crippen molar-refractivity contribution in [1.29, 1.82) is 0 Å². The van der Waals surface area contributed by atoms with Crippen LogP contribution in [0.15, 0.2) is 18.2 Å². The van der Waals surface area contributed by atoms with E-state index in [9.17, 15) is 5.11 Å². The smallest absolute Gasteiger partial charge is 0.125 e. The molecule has 1 heterocycles. The molecule has 2 fully saturated rings. The molecule has 0 bridgehead atoms. The summed E-state index contributed by atoms with van der Waals surface area (Å²) in [5.41, 5.74) is -0.00336. The van der Waals surface area contributed by atoms with E-state index in [2.05, 4.69) is 11.8 Å². The highest BCUT2D eigenvalue weighted by Gasteiger charge is 2.48. The predicted molar refractivity (Wildman–Crippen MR) is 77.2 cm³/mol. The number of ether oxygens (including phenoxy) is 2. The van der Waals surface area contributed by atoms with Gasteiger partial charge in [0.1, 0.15) is 17.1 Å². The standard InChI is InChI=1S/C16H23NO3/c1-11-9-16(18,10-17(11)12-4-5-12)14-8-13(19-2)6-7-15(14)20-3/h6-8,11-12,18H,4-5,9-10H2,1-3H3. The van der Waals surface area contributed by atoms with Crippen molar-refractivity contribution in [2.75, 3.05) is 20.8 Å². The monoisotopic (exact) mass is 277 g/mol. The number of rotatable bonds is 4. The first-order chi connectivity index (χ1) is 9.57. The van der Waals surface area contributed by atoms with E-state index in [4.69, 9.17) is 9.47 Å². The molecular weight excluding hydrogens is 254 g/mol. The summed E-state index contributed by atoms with van der Waals surface area (Å²) in [6.07, 6.45) is 3.26. The SMILES string of the molecule is COc1ccc(OC)c(C2(O)CC(C)N(C3CC3)C2)c1. The van der Waals surface area contributed by atoms with Crippen LogP contribution in [-0.2, 0) is 5.60 Å². The van der Waals surface area contributed by atoms with E-state index in [0.717, 1.165) is 23.5 Å². The highest BCUT2D eigenvalue weighted by molar-refractivity contribution is 5.44. The van der Waals surface area contributed by atoms with Gasteiger partial charge in [0.2, 0.25) is 0 Å². The molecular formula is C16H23NO3. The first-order valence-electron chi connectivity index (χ1n) is 7.28. The van der Waals surface area contributed by atoms with Crippen molar-refractivity contribution in [1.82, 2.24) is 4.90 Å². The van der Waals surface area contributed by atoms with Gasteiger partial charge in [-0.25, -0.2) is 0 Å². The molecule has 1 N–H and O–H groups in total. The number of aliphatic hydroxyl groups is 1. The van der Waals surface area contributed by atoms with Crippen LogP contribution >= 0.6 is 0 Å². The third-order valence-corrected chi connectivity index (χ3v) is 4.57. The maximum atomic E-state index is 11.1. The molecule has 110 valence electrons. The van der Waals surface area contributed by atoms with Crippen LogP contribution in [0.3, 0.4) is 0 Å². The molecule has 2 aliphatic rings. The van der Waals surface area contributed by atoms with E-state index >= 15 is 0 Å². The second-order valence-corrected chi connectivity index (χ2v) is 6.05. The third kappa shape index (κ3) is 2.27. The number of nitrogens with zero attached hydrogens (tertiary/aromatic N) is 1. The summed E-state index contributed by atoms with van der Waals surface area (Å²) in [6.45, 7) is 2.88. The largest absolute Gasteiger partial charge is 0.497 e. The summed E-state index contributed by atoms with van der Waals surface area (Å²) in [5, 5.41) is 11.1. The molecule has 2 unspecified atom stereocenters. The van der Waals surface area contributed by atoms with Crippen molar-refractivity contribution < 1.29 is 14.6 Å². The number of methoxy groups -OCH3 is 2. The van der Waals surface area contributed by atoms with Crippen molar-refractivity contribution in [3.63, 3.8) is 0 Å². The summed E-state index contributed by atoms with van der Waals surface area (Å²) >= 11 is 0. The number of β-amino-alcohol motifs (C(OH)–C–C–N with tert-alkyl or cyclic N) is 1. The van der Waals surface area contributed by atoms with Crippen molar-refractivity contribution in [3.8, 4) is 11.5 Å². The molecule has 1 saturated carbocycles. The molecule has 1 saturated heterocycles. The van der Waals surface area contributed by atoms with Gasteiger partial charge in [-0.15, -0.1) is 0 Å². The fourth-order valence-electron chi connectivity index (χ4n) is 3.40. The molecule has 0 spiro atoms. The van der Waals surface area contributed by atoms with E-state index in [1.54, 1.807) is 14.2 Å². The predicted octanol–water partition coefficient (Wildman–Crippen LogP) is 2.15. The zero-order chi connectivity index (χ0) is 14.3. The second-order valence-electron chi connectivity index (χ2n) is 6.05. The fourth-order valence-corrected chi connectivity index (χ4v) is 3.40. The highest BCUT2D eigenvalue weighted by atomic mass is 16.5. The van der Waals surface area contributed by atoms with Crippen LogP contribution < -0.4 is 9.47 Å². The molecule has 1 aliphatic heterocycles. The molecule has 0 aromatic heterocycles. The summed E-state index contributed by atoms with van der Waals surface area (Å²) in [4.78, 5) is 2.43. The van der Waals surface area contributed by atoms with Gasteiger partial charge < -0.3 is 14.6 Å². The van der Waals surface area contributed by atoms with Crippen molar-refractivity contribution in [3.05, 3.63) is 23.8 Å². The molecule has 4 nitrogen and oxygen atoms in total. The number of benzene rings is 1. The van der Waals surface area contributed by atoms with Crippen LogP contribution in [0.4, 0.5) is 0 Å². The van der Waals surface area contributed by atoms with E-state index in [1.165, 1.54) is 12.8 Å². The molecule has 1 aliphatic carbocycles. The van der Waals surface area contributed by atoms with Crippen LogP contribution in [0.5, 0.6) is 11.5 Å². The lowest BCUT2D eigenvalue weighted by Crippen LogP contribution is -2.33. The average Bonchev–Trinajstić information content (AvgIpc) is 3.24. The Morgan fingerprint density at radius 2 is 2.00 bits per heavy atom. The summed E-state index contributed by atoms with van der Waals surface area (Å²) in [6, 6.07) is 6.71. The minimum absolute atomic E-state index is 0.406. The van der Waals surface area contributed by atoms with E-state index in [-0.39, 0.29) is 0 Å². The second kappa shape index (κ2) is 4.93. The lowest BCUT2D eigenvalue weighted by molar-refractivity contribution is 0.0425. The number of hydrogen-bond donors (Lipinski definition) is 1. The molecule has 1 aromatic rings. The Morgan fingerprint density at radius 1 is 1.25 bits per heavy atom. The van der Waals surface area contributed by atoms with Gasteiger partial charge in [-0.2, -0.15) is 0 Å². The third-order valence-electron chi connectivity index (χ3n) is 4.57. The minimum atomic E-state index is -0.845. The highest BCUT2D eigenvalue weighted by Crippen LogP contribution is 2.45. The maximum absolute atomic E-state index is 11.1. The zero-order valence-corrected chi connectivity index (χ0v) is 12.4. The van der Waals surface area contributed by atoms with Crippen molar-refractivity contribution in [2.45, 2.75) is 43.9 Å². The van der Waals surface area contributed by atoms with Crippen LogP contribution in [0.1, 0.15) is 31.7 Å². The summed E-state index contributed by atoms with van der Waals surface area (Å²) in [5.74, 6) is 1.49. The Kier molecular flexibility index (Phi) is 3.38. The van der Waals surface area contributed by atoms with Gasteiger partial charge in [-0.1, -0.05) is 0 Å². The van der Waals surface area contributed by atoms with Gasteiger partial charge in [0.15, 0.2) is 0 Å². The Balaban J connectivity index is 1.94. The lowest BCUT2D eigenvalue weighted by atomic mass is 9.90. The Hall–Kier alpha value is -1.26. The normalized spacial score (nSPS) is 30.5. The summed E-state index contributed by atoms with van der Waals surface area (Å²) < 4.78 is 10.7. The minimum Gasteiger partial charge on any atom is -0.497 e. The average molecular weight is 277 g/mol.